The van der Waals surface area contributed by atoms with E-state index in [1.807, 2.05) is 31.2 Å². The van der Waals surface area contributed by atoms with E-state index in [2.05, 4.69) is 5.16 Å². The Morgan fingerprint density at radius 1 is 1.14 bits per heavy atom. The van der Waals surface area contributed by atoms with Crippen molar-refractivity contribution in [2.45, 2.75) is 6.92 Å². The normalized spacial score (nSPS) is 10.8. The van der Waals surface area contributed by atoms with E-state index in [1.165, 1.54) is 12.1 Å². The Bertz CT molecular complexity index is 797. The summed E-state index contributed by atoms with van der Waals surface area (Å²) in [5, 5.41) is 4.06. The highest BCUT2D eigenvalue weighted by atomic mass is 35.5. The van der Waals surface area contributed by atoms with Crippen molar-refractivity contribution in [3.63, 3.8) is 0 Å². The van der Waals surface area contributed by atoms with Crippen LogP contribution in [0, 0.1) is 12.7 Å². The molecule has 0 aliphatic heterocycles. The minimum atomic E-state index is -0.409. The Kier molecular flexibility index (Phi) is 3.39. The molecule has 0 bridgehead atoms. The van der Waals surface area contributed by atoms with Crippen molar-refractivity contribution in [1.82, 2.24) is 5.16 Å². The van der Waals surface area contributed by atoms with Crippen LogP contribution in [0.2, 0.25) is 5.02 Å². The molecule has 0 aliphatic carbocycles. The van der Waals surface area contributed by atoms with Gasteiger partial charge in [-0.05, 0) is 30.7 Å². The molecule has 0 atom stereocenters. The monoisotopic (exact) mass is 302 g/mol. The molecule has 3 nitrogen and oxygen atoms in total. The summed E-state index contributed by atoms with van der Waals surface area (Å²) in [6.45, 7) is 2.00. The van der Waals surface area contributed by atoms with Crippen LogP contribution < -0.4 is 5.73 Å². The molecular weight excluding hydrogens is 291 g/mol. The number of nitrogen functional groups attached to an aromatic ring is 1. The van der Waals surface area contributed by atoms with Crippen LogP contribution in [-0.2, 0) is 0 Å². The van der Waals surface area contributed by atoms with Crippen molar-refractivity contribution in [2.24, 2.45) is 0 Å². The molecule has 2 aromatic carbocycles. The topological polar surface area (TPSA) is 52.0 Å². The van der Waals surface area contributed by atoms with Gasteiger partial charge in [0.15, 0.2) is 11.6 Å². The van der Waals surface area contributed by atoms with E-state index in [9.17, 15) is 4.39 Å². The van der Waals surface area contributed by atoms with Gasteiger partial charge in [0.05, 0.1) is 10.6 Å². The summed E-state index contributed by atoms with van der Waals surface area (Å²) in [6, 6.07) is 11.9. The fourth-order valence-corrected chi connectivity index (χ4v) is 2.41. The molecule has 2 N–H and O–H groups in total. The molecule has 1 heterocycles. The second kappa shape index (κ2) is 5.22. The maximum Gasteiger partial charge on any atom is 0.178 e. The van der Waals surface area contributed by atoms with Gasteiger partial charge in [-0.15, -0.1) is 0 Å². The van der Waals surface area contributed by atoms with E-state index in [1.54, 1.807) is 6.07 Å². The first-order valence-electron chi connectivity index (χ1n) is 6.34. The number of rotatable bonds is 2. The summed E-state index contributed by atoms with van der Waals surface area (Å²) in [4.78, 5) is 0. The van der Waals surface area contributed by atoms with Gasteiger partial charge >= 0.3 is 0 Å². The lowest BCUT2D eigenvalue weighted by Gasteiger charge is -2.05. The van der Waals surface area contributed by atoms with Crippen LogP contribution in [0.5, 0.6) is 0 Å². The predicted molar refractivity (Wildman–Crippen MR) is 81.5 cm³/mol. The molecule has 0 radical (unpaired) electrons. The average Bonchev–Trinajstić information content (AvgIpc) is 2.82. The molecule has 0 spiro atoms. The minimum absolute atomic E-state index is 0.250. The summed E-state index contributed by atoms with van der Waals surface area (Å²) in [7, 11) is 0. The van der Waals surface area contributed by atoms with Gasteiger partial charge in [-0.1, -0.05) is 46.6 Å². The quantitative estimate of drug-likeness (QED) is 0.747. The Morgan fingerprint density at radius 3 is 2.52 bits per heavy atom. The smallest absolute Gasteiger partial charge is 0.178 e. The van der Waals surface area contributed by atoms with Crippen LogP contribution in [0.15, 0.2) is 47.0 Å². The van der Waals surface area contributed by atoms with Crippen LogP contribution in [-0.4, -0.2) is 5.16 Å². The standard InChI is InChI=1S/C16H12ClFN2O/c1-9-2-4-10(5-3-9)14-15(21-20-16(14)19)12-7-6-11(18)8-13(12)17/h2-8H,1H3,(H2,19,20). The summed E-state index contributed by atoms with van der Waals surface area (Å²) in [6.07, 6.45) is 0. The zero-order valence-corrected chi connectivity index (χ0v) is 12.0. The van der Waals surface area contributed by atoms with E-state index in [0.717, 1.165) is 11.1 Å². The predicted octanol–water partition coefficient (Wildman–Crippen LogP) is 4.69. The summed E-state index contributed by atoms with van der Waals surface area (Å²) < 4.78 is 18.5. The molecule has 106 valence electrons. The van der Waals surface area contributed by atoms with Gasteiger partial charge in [-0.3, -0.25) is 0 Å². The molecule has 0 unspecified atom stereocenters. The van der Waals surface area contributed by atoms with E-state index in [4.69, 9.17) is 21.9 Å². The number of anilines is 1. The number of aromatic nitrogens is 1. The number of hydrogen-bond acceptors (Lipinski definition) is 3. The highest BCUT2D eigenvalue weighted by Crippen LogP contribution is 2.39. The van der Waals surface area contributed by atoms with Crippen LogP contribution in [0.1, 0.15) is 5.56 Å². The third-order valence-electron chi connectivity index (χ3n) is 3.23. The Labute approximate surface area is 126 Å². The lowest BCUT2D eigenvalue weighted by atomic mass is 10.0. The number of aryl methyl sites for hydroxylation is 1. The molecule has 0 fully saturated rings. The average molecular weight is 303 g/mol. The van der Waals surface area contributed by atoms with Gasteiger partial charge in [-0.25, -0.2) is 4.39 Å². The zero-order chi connectivity index (χ0) is 15.0. The van der Waals surface area contributed by atoms with Crippen LogP contribution in [0.25, 0.3) is 22.5 Å². The van der Waals surface area contributed by atoms with Crippen molar-refractivity contribution < 1.29 is 8.91 Å². The second-order valence-electron chi connectivity index (χ2n) is 4.76. The van der Waals surface area contributed by atoms with Gasteiger partial charge < -0.3 is 10.3 Å². The maximum absolute atomic E-state index is 13.2. The van der Waals surface area contributed by atoms with Crippen molar-refractivity contribution >= 4 is 17.4 Å². The fraction of sp³-hybridized carbons (Fsp3) is 0.0625. The minimum Gasteiger partial charge on any atom is -0.380 e. The number of nitrogens with zero attached hydrogens (tertiary/aromatic N) is 1. The van der Waals surface area contributed by atoms with E-state index >= 15 is 0 Å². The van der Waals surface area contributed by atoms with E-state index < -0.39 is 5.82 Å². The highest BCUT2D eigenvalue weighted by molar-refractivity contribution is 6.33. The molecule has 5 heteroatoms. The number of hydrogen-bond donors (Lipinski definition) is 1. The lowest BCUT2D eigenvalue weighted by Crippen LogP contribution is -1.89. The van der Waals surface area contributed by atoms with Gasteiger partial charge in [0.2, 0.25) is 0 Å². The van der Waals surface area contributed by atoms with Crippen molar-refractivity contribution in [1.29, 1.82) is 0 Å². The lowest BCUT2D eigenvalue weighted by molar-refractivity contribution is 0.436. The molecule has 0 amide bonds. The fourth-order valence-electron chi connectivity index (χ4n) is 2.16. The van der Waals surface area contributed by atoms with Crippen LogP contribution in [0.4, 0.5) is 10.2 Å². The van der Waals surface area contributed by atoms with Gasteiger partial charge in [0, 0.05) is 5.56 Å². The van der Waals surface area contributed by atoms with Crippen LogP contribution >= 0.6 is 11.6 Å². The molecule has 0 saturated heterocycles. The Hall–Kier alpha value is -2.33. The molecule has 21 heavy (non-hydrogen) atoms. The molecule has 1 aromatic heterocycles. The SMILES string of the molecule is Cc1ccc(-c2c(N)noc2-c2ccc(F)cc2Cl)cc1. The third kappa shape index (κ3) is 2.50. The van der Waals surface area contributed by atoms with Crippen LogP contribution in [0.3, 0.4) is 0 Å². The first-order chi connectivity index (χ1) is 10.1. The van der Waals surface area contributed by atoms with Crippen molar-refractivity contribution in [3.8, 4) is 22.5 Å². The Morgan fingerprint density at radius 2 is 1.86 bits per heavy atom. The number of nitrogens with two attached hydrogens (primary N) is 1. The molecule has 0 aliphatic rings. The molecule has 3 rings (SSSR count). The van der Waals surface area contributed by atoms with Crippen molar-refractivity contribution in [3.05, 3.63) is 58.9 Å². The second-order valence-corrected chi connectivity index (χ2v) is 5.17. The van der Waals surface area contributed by atoms with Gasteiger partial charge in [0.25, 0.3) is 0 Å². The highest BCUT2D eigenvalue weighted by Gasteiger charge is 2.19. The maximum atomic E-state index is 13.2. The molecule has 3 aromatic rings. The summed E-state index contributed by atoms with van der Waals surface area (Å²) in [5.41, 5.74) is 9.12. The molecule has 0 saturated carbocycles. The summed E-state index contributed by atoms with van der Waals surface area (Å²) in [5.74, 6) is 0.295. The van der Waals surface area contributed by atoms with E-state index in [0.29, 0.717) is 16.9 Å². The summed E-state index contributed by atoms with van der Waals surface area (Å²) >= 11 is 6.09. The van der Waals surface area contributed by atoms with Crippen molar-refractivity contribution in [2.75, 3.05) is 5.73 Å². The number of halogens is 2. The third-order valence-corrected chi connectivity index (χ3v) is 3.55. The van der Waals surface area contributed by atoms with Gasteiger partial charge in [-0.2, -0.15) is 0 Å². The first-order valence-corrected chi connectivity index (χ1v) is 6.71. The Balaban J connectivity index is 2.19. The van der Waals surface area contributed by atoms with E-state index in [-0.39, 0.29) is 10.8 Å². The number of benzene rings is 2. The first kappa shape index (κ1) is 13.6. The largest absolute Gasteiger partial charge is 0.380 e. The molecular formula is C16H12ClFN2O. The van der Waals surface area contributed by atoms with Gasteiger partial charge in [0.1, 0.15) is 5.82 Å². The zero-order valence-electron chi connectivity index (χ0n) is 11.2.